The SMILES string of the molecule is Cl.O=C(O)c1ccc2c(=O)cc[nH]c2c1. The Labute approximate surface area is 91.0 Å². The molecule has 0 atom stereocenters. The zero-order valence-electron chi connectivity index (χ0n) is 7.56. The monoisotopic (exact) mass is 225 g/mol. The lowest BCUT2D eigenvalue weighted by atomic mass is 10.1. The summed E-state index contributed by atoms with van der Waals surface area (Å²) < 4.78 is 0. The number of carbonyl (C=O) groups is 1. The van der Waals surface area contributed by atoms with Gasteiger partial charge in [0.15, 0.2) is 5.43 Å². The van der Waals surface area contributed by atoms with Crippen molar-refractivity contribution in [2.24, 2.45) is 0 Å². The van der Waals surface area contributed by atoms with Crippen LogP contribution >= 0.6 is 12.4 Å². The summed E-state index contributed by atoms with van der Waals surface area (Å²) in [4.78, 5) is 24.8. The summed E-state index contributed by atoms with van der Waals surface area (Å²) >= 11 is 0. The Morgan fingerprint density at radius 3 is 2.67 bits per heavy atom. The molecule has 0 spiro atoms. The van der Waals surface area contributed by atoms with Crippen LogP contribution in [0.5, 0.6) is 0 Å². The molecular formula is C10H8ClNO3. The first-order valence-corrected chi connectivity index (χ1v) is 4.03. The van der Waals surface area contributed by atoms with Crippen molar-refractivity contribution in [3.8, 4) is 0 Å². The Hall–Kier alpha value is -1.81. The minimum Gasteiger partial charge on any atom is -0.478 e. The average Bonchev–Trinajstić information content (AvgIpc) is 2.17. The number of hydrogen-bond donors (Lipinski definition) is 2. The molecular weight excluding hydrogens is 218 g/mol. The number of carboxylic acid groups (broad SMARTS) is 1. The quantitative estimate of drug-likeness (QED) is 0.775. The third-order valence-electron chi connectivity index (χ3n) is 2.01. The molecule has 0 saturated heterocycles. The highest BCUT2D eigenvalue weighted by Crippen LogP contribution is 2.09. The van der Waals surface area contributed by atoms with Gasteiger partial charge >= 0.3 is 5.97 Å². The average molecular weight is 226 g/mol. The van der Waals surface area contributed by atoms with E-state index in [4.69, 9.17) is 5.11 Å². The zero-order chi connectivity index (χ0) is 10.1. The van der Waals surface area contributed by atoms with Gasteiger partial charge in [-0.15, -0.1) is 12.4 Å². The minimum absolute atomic E-state index is 0. The van der Waals surface area contributed by atoms with Crippen molar-refractivity contribution in [3.05, 3.63) is 46.2 Å². The van der Waals surface area contributed by atoms with Crippen LogP contribution in [0.15, 0.2) is 35.3 Å². The fourth-order valence-electron chi connectivity index (χ4n) is 1.31. The van der Waals surface area contributed by atoms with Crippen LogP contribution in [0.2, 0.25) is 0 Å². The van der Waals surface area contributed by atoms with Crippen molar-refractivity contribution in [3.63, 3.8) is 0 Å². The molecule has 0 fully saturated rings. The third-order valence-corrected chi connectivity index (χ3v) is 2.01. The molecule has 5 heteroatoms. The molecule has 0 aliphatic rings. The van der Waals surface area contributed by atoms with E-state index in [1.54, 1.807) is 0 Å². The van der Waals surface area contributed by atoms with Crippen molar-refractivity contribution < 1.29 is 9.90 Å². The Balaban J connectivity index is 0.00000112. The molecule has 2 rings (SSSR count). The van der Waals surface area contributed by atoms with E-state index in [-0.39, 0.29) is 23.4 Å². The number of pyridine rings is 1. The molecule has 0 aliphatic heterocycles. The predicted octanol–water partition coefficient (Wildman–Crippen LogP) is 1.65. The number of benzene rings is 1. The summed E-state index contributed by atoms with van der Waals surface area (Å²) in [6.45, 7) is 0. The van der Waals surface area contributed by atoms with E-state index < -0.39 is 5.97 Å². The molecule has 0 bridgehead atoms. The summed E-state index contributed by atoms with van der Waals surface area (Å²) in [5.74, 6) is -1.00. The van der Waals surface area contributed by atoms with Gasteiger partial charge in [-0.2, -0.15) is 0 Å². The predicted molar refractivity (Wildman–Crippen MR) is 58.8 cm³/mol. The maximum absolute atomic E-state index is 11.3. The molecule has 0 amide bonds. The van der Waals surface area contributed by atoms with Gasteiger partial charge in [0.25, 0.3) is 0 Å². The van der Waals surface area contributed by atoms with E-state index in [0.717, 1.165) is 0 Å². The fourth-order valence-corrected chi connectivity index (χ4v) is 1.31. The Kier molecular flexibility index (Phi) is 3.11. The van der Waals surface area contributed by atoms with Crippen LogP contribution < -0.4 is 5.43 Å². The van der Waals surface area contributed by atoms with E-state index in [1.165, 1.54) is 30.5 Å². The first kappa shape index (κ1) is 11.3. The molecule has 78 valence electrons. The van der Waals surface area contributed by atoms with Crippen LogP contribution in [0.3, 0.4) is 0 Å². The largest absolute Gasteiger partial charge is 0.478 e. The van der Waals surface area contributed by atoms with Crippen LogP contribution in [0.1, 0.15) is 10.4 Å². The van der Waals surface area contributed by atoms with Crippen molar-refractivity contribution in [2.45, 2.75) is 0 Å². The summed E-state index contributed by atoms with van der Waals surface area (Å²) in [5, 5.41) is 9.22. The number of aromatic carboxylic acids is 1. The second-order valence-electron chi connectivity index (χ2n) is 2.91. The number of rotatable bonds is 1. The van der Waals surface area contributed by atoms with E-state index in [0.29, 0.717) is 10.9 Å². The summed E-state index contributed by atoms with van der Waals surface area (Å²) in [6, 6.07) is 5.78. The molecule has 4 nitrogen and oxygen atoms in total. The van der Waals surface area contributed by atoms with E-state index in [2.05, 4.69) is 4.98 Å². The van der Waals surface area contributed by atoms with Gasteiger partial charge < -0.3 is 10.1 Å². The van der Waals surface area contributed by atoms with Crippen LogP contribution in [-0.2, 0) is 0 Å². The second kappa shape index (κ2) is 4.14. The molecule has 0 radical (unpaired) electrons. The van der Waals surface area contributed by atoms with E-state index in [1.807, 2.05) is 0 Å². The Morgan fingerprint density at radius 2 is 2.00 bits per heavy atom. The number of carboxylic acids is 1. The number of nitrogens with one attached hydrogen (secondary N) is 1. The first-order valence-electron chi connectivity index (χ1n) is 4.03. The van der Waals surface area contributed by atoms with Gasteiger partial charge in [0.05, 0.1) is 11.1 Å². The second-order valence-corrected chi connectivity index (χ2v) is 2.91. The maximum Gasteiger partial charge on any atom is 0.335 e. The maximum atomic E-state index is 11.3. The van der Waals surface area contributed by atoms with E-state index >= 15 is 0 Å². The third kappa shape index (κ3) is 1.99. The van der Waals surface area contributed by atoms with Crippen LogP contribution in [0.25, 0.3) is 10.9 Å². The van der Waals surface area contributed by atoms with Gasteiger partial charge in [-0.25, -0.2) is 4.79 Å². The zero-order valence-corrected chi connectivity index (χ0v) is 8.38. The molecule has 0 aliphatic carbocycles. The number of halogens is 1. The molecule has 2 N–H and O–H groups in total. The summed E-state index contributed by atoms with van der Waals surface area (Å²) in [6.07, 6.45) is 1.50. The van der Waals surface area contributed by atoms with Gasteiger partial charge in [-0.3, -0.25) is 4.79 Å². The Morgan fingerprint density at radius 1 is 1.27 bits per heavy atom. The molecule has 0 unspecified atom stereocenters. The number of fused-ring (bicyclic) bond motifs is 1. The molecule has 1 aromatic heterocycles. The number of hydrogen-bond acceptors (Lipinski definition) is 2. The first-order chi connectivity index (χ1) is 6.68. The minimum atomic E-state index is -1.00. The van der Waals surface area contributed by atoms with Crippen LogP contribution in [0.4, 0.5) is 0 Å². The van der Waals surface area contributed by atoms with Gasteiger partial charge in [-0.05, 0) is 18.2 Å². The smallest absolute Gasteiger partial charge is 0.335 e. The van der Waals surface area contributed by atoms with Gasteiger partial charge in [-0.1, -0.05) is 0 Å². The highest BCUT2D eigenvalue weighted by Gasteiger charge is 2.04. The van der Waals surface area contributed by atoms with Crippen molar-refractivity contribution in [2.75, 3.05) is 0 Å². The van der Waals surface area contributed by atoms with Gasteiger partial charge in [0.1, 0.15) is 0 Å². The highest BCUT2D eigenvalue weighted by molar-refractivity contribution is 5.92. The lowest BCUT2D eigenvalue weighted by Gasteiger charge is -1.98. The number of H-pyrrole nitrogens is 1. The summed E-state index contributed by atoms with van der Waals surface area (Å²) in [7, 11) is 0. The number of aromatic amines is 1. The van der Waals surface area contributed by atoms with Crippen LogP contribution in [0, 0.1) is 0 Å². The van der Waals surface area contributed by atoms with Crippen molar-refractivity contribution in [1.82, 2.24) is 4.98 Å². The molecule has 2 aromatic rings. The van der Waals surface area contributed by atoms with Crippen LogP contribution in [-0.4, -0.2) is 16.1 Å². The lowest BCUT2D eigenvalue weighted by molar-refractivity contribution is 0.0697. The van der Waals surface area contributed by atoms with Crippen molar-refractivity contribution in [1.29, 1.82) is 0 Å². The standard InChI is InChI=1S/C10H7NO3.ClH/c12-9-3-4-11-8-5-6(10(13)14)1-2-7(8)9;/h1-5H,(H,11,12)(H,13,14);1H. The highest BCUT2D eigenvalue weighted by atomic mass is 35.5. The molecule has 0 saturated carbocycles. The molecule has 1 heterocycles. The fraction of sp³-hybridized carbons (Fsp3) is 0. The summed E-state index contributed by atoms with van der Waals surface area (Å²) in [5.41, 5.74) is 0.590. The topological polar surface area (TPSA) is 70.2 Å². The molecule has 1 aromatic carbocycles. The normalized spacial score (nSPS) is 9.60. The van der Waals surface area contributed by atoms with E-state index in [9.17, 15) is 9.59 Å². The van der Waals surface area contributed by atoms with Gasteiger partial charge in [0, 0.05) is 17.6 Å². The van der Waals surface area contributed by atoms with Crippen molar-refractivity contribution >= 4 is 29.3 Å². The lowest BCUT2D eigenvalue weighted by Crippen LogP contribution is -2.02. The number of aromatic nitrogens is 1. The van der Waals surface area contributed by atoms with Gasteiger partial charge in [0.2, 0.25) is 0 Å². The Bertz CT molecular complexity index is 562. The molecule has 15 heavy (non-hydrogen) atoms.